The van der Waals surface area contributed by atoms with Crippen molar-refractivity contribution in [2.75, 3.05) is 11.9 Å². The Hall–Kier alpha value is -3.23. The van der Waals surface area contributed by atoms with Crippen molar-refractivity contribution in [2.24, 2.45) is 0 Å². The van der Waals surface area contributed by atoms with Crippen molar-refractivity contribution in [2.45, 2.75) is 25.8 Å². The van der Waals surface area contributed by atoms with Crippen LogP contribution in [0.15, 0.2) is 36.8 Å². The molecule has 0 unspecified atom stereocenters. The van der Waals surface area contributed by atoms with Crippen molar-refractivity contribution in [3.8, 4) is 5.82 Å². The van der Waals surface area contributed by atoms with Crippen LogP contribution in [0.25, 0.3) is 5.82 Å². The molecule has 2 aromatic rings. The first kappa shape index (κ1) is 16.6. The number of pyridine rings is 1. The quantitative estimate of drug-likeness (QED) is 0.786. The van der Waals surface area contributed by atoms with Crippen LogP contribution in [0.3, 0.4) is 0 Å². The Morgan fingerprint density at radius 2 is 2.16 bits per heavy atom. The van der Waals surface area contributed by atoms with Gasteiger partial charge in [-0.1, -0.05) is 6.92 Å². The standard InChI is InChI=1S/C16H18N6O3/c1-3-16(2)14(24)21(15(25)20-16)10-13(23)19-11-5-6-12(17-9-11)22-8-4-7-18-22/h4-9H,3,10H2,1-2H3,(H,19,23)(H,20,25)/t16-/m1/s1. The lowest BCUT2D eigenvalue weighted by Gasteiger charge is -2.19. The molecule has 0 spiro atoms. The van der Waals surface area contributed by atoms with Gasteiger partial charge in [-0.15, -0.1) is 0 Å². The van der Waals surface area contributed by atoms with Crippen LogP contribution >= 0.6 is 0 Å². The molecule has 3 heterocycles. The SMILES string of the molecule is CC[C@@]1(C)NC(=O)N(CC(=O)Nc2ccc(-n3cccn3)nc2)C1=O. The molecule has 1 atom stereocenters. The highest BCUT2D eigenvalue weighted by molar-refractivity contribution is 6.09. The molecule has 0 saturated carbocycles. The van der Waals surface area contributed by atoms with Crippen LogP contribution in [0.2, 0.25) is 0 Å². The monoisotopic (exact) mass is 342 g/mol. The van der Waals surface area contributed by atoms with Gasteiger partial charge in [-0.05, 0) is 31.5 Å². The molecule has 1 aliphatic rings. The molecule has 0 aromatic carbocycles. The highest BCUT2D eigenvalue weighted by Crippen LogP contribution is 2.20. The second kappa shape index (κ2) is 6.34. The lowest BCUT2D eigenvalue weighted by molar-refractivity contribution is -0.133. The minimum absolute atomic E-state index is 0.346. The lowest BCUT2D eigenvalue weighted by Crippen LogP contribution is -2.44. The Morgan fingerprint density at radius 1 is 1.36 bits per heavy atom. The van der Waals surface area contributed by atoms with E-state index in [0.29, 0.717) is 17.9 Å². The van der Waals surface area contributed by atoms with E-state index in [1.54, 1.807) is 49.1 Å². The number of urea groups is 1. The van der Waals surface area contributed by atoms with E-state index < -0.39 is 23.4 Å². The predicted octanol–water partition coefficient (Wildman–Crippen LogP) is 0.926. The number of nitrogens with zero attached hydrogens (tertiary/aromatic N) is 4. The summed E-state index contributed by atoms with van der Waals surface area (Å²) in [7, 11) is 0. The first-order chi connectivity index (χ1) is 11.9. The van der Waals surface area contributed by atoms with Crippen LogP contribution in [0.1, 0.15) is 20.3 Å². The van der Waals surface area contributed by atoms with E-state index in [1.165, 1.54) is 6.20 Å². The maximum absolute atomic E-state index is 12.3. The van der Waals surface area contributed by atoms with E-state index in [9.17, 15) is 14.4 Å². The average Bonchev–Trinajstić information content (AvgIpc) is 3.20. The number of rotatable bonds is 5. The predicted molar refractivity (Wildman–Crippen MR) is 88.9 cm³/mol. The van der Waals surface area contributed by atoms with Gasteiger partial charge in [0.25, 0.3) is 5.91 Å². The fourth-order valence-electron chi connectivity index (χ4n) is 2.47. The zero-order valence-corrected chi connectivity index (χ0v) is 13.9. The summed E-state index contributed by atoms with van der Waals surface area (Å²) in [6.07, 6.45) is 5.33. The maximum Gasteiger partial charge on any atom is 0.325 e. The molecular weight excluding hydrogens is 324 g/mol. The van der Waals surface area contributed by atoms with Gasteiger partial charge in [-0.3, -0.25) is 14.5 Å². The summed E-state index contributed by atoms with van der Waals surface area (Å²) < 4.78 is 1.59. The second-order valence-corrected chi connectivity index (χ2v) is 5.91. The number of carbonyl (C=O) groups is 3. The Morgan fingerprint density at radius 3 is 2.72 bits per heavy atom. The number of nitrogens with one attached hydrogen (secondary N) is 2. The molecule has 130 valence electrons. The number of carbonyl (C=O) groups excluding carboxylic acids is 3. The highest BCUT2D eigenvalue weighted by Gasteiger charge is 2.46. The Balaban J connectivity index is 1.63. The van der Waals surface area contributed by atoms with E-state index >= 15 is 0 Å². The molecular formula is C16H18N6O3. The largest absolute Gasteiger partial charge is 0.325 e. The summed E-state index contributed by atoms with van der Waals surface area (Å²) in [5.41, 5.74) is -0.490. The van der Waals surface area contributed by atoms with Crippen LogP contribution in [-0.2, 0) is 9.59 Å². The number of aromatic nitrogens is 3. The van der Waals surface area contributed by atoms with Crippen molar-refractivity contribution < 1.29 is 14.4 Å². The molecule has 4 amide bonds. The average molecular weight is 342 g/mol. The van der Waals surface area contributed by atoms with Gasteiger partial charge >= 0.3 is 6.03 Å². The van der Waals surface area contributed by atoms with Crippen molar-refractivity contribution in [3.05, 3.63) is 36.8 Å². The second-order valence-electron chi connectivity index (χ2n) is 5.91. The molecule has 2 N–H and O–H groups in total. The third-order valence-electron chi connectivity index (χ3n) is 4.12. The van der Waals surface area contributed by atoms with Crippen LogP contribution < -0.4 is 10.6 Å². The van der Waals surface area contributed by atoms with Crippen LogP contribution in [0.4, 0.5) is 10.5 Å². The van der Waals surface area contributed by atoms with Gasteiger partial charge in [0.2, 0.25) is 5.91 Å². The molecule has 1 saturated heterocycles. The molecule has 0 aliphatic carbocycles. The summed E-state index contributed by atoms with van der Waals surface area (Å²) in [6, 6.07) is 4.59. The smallest absolute Gasteiger partial charge is 0.323 e. The lowest BCUT2D eigenvalue weighted by atomic mass is 9.99. The molecule has 25 heavy (non-hydrogen) atoms. The Labute approximate surface area is 144 Å². The van der Waals surface area contributed by atoms with E-state index in [1.807, 2.05) is 0 Å². The number of hydrogen-bond acceptors (Lipinski definition) is 5. The Bertz CT molecular complexity index is 802. The van der Waals surface area contributed by atoms with Crippen molar-refractivity contribution in [1.29, 1.82) is 0 Å². The highest BCUT2D eigenvalue weighted by atomic mass is 16.2. The molecule has 0 bridgehead atoms. The van der Waals surface area contributed by atoms with Gasteiger partial charge in [-0.2, -0.15) is 5.10 Å². The number of hydrogen-bond donors (Lipinski definition) is 2. The third-order valence-corrected chi connectivity index (χ3v) is 4.12. The van der Waals surface area contributed by atoms with Gasteiger partial charge in [0, 0.05) is 12.4 Å². The van der Waals surface area contributed by atoms with Gasteiger partial charge in [0.15, 0.2) is 5.82 Å². The summed E-state index contributed by atoms with van der Waals surface area (Å²) in [6.45, 7) is 3.10. The van der Waals surface area contributed by atoms with Crippen molar-refractivity contribution in [3.63, 3.8) is 0 Å². The van der Waals surface area contributed by atoms with Gasteiger partial charge in [0.1, 0.15) is 12.1 Å². The first-order valence-electron chi connectivity index (χ1n) is 7.83. The van der Waals surface area contributed by atoms with E-state index in [0.717, 1.165) is 4.90 Å². The minimum Gasteiger partial charge on any atom is -0.323 e. The normalized spacial score (nSPS) is 19.8. The van der Waals surface area contributed by atoms with Crippen LogP contribution in [0, 0.1) is 0 Å². The number of amides is 4. The first-order valence-corrected chi connectivity index (χ1v) is 7.83. The summed E-state index contributed by atoms with van der Waals surface area (Å²) >= 11 is 0. The summed E-state index contributed by atoms with van der Waals surface area (Å²) in [5.74, 6) is -0.268. The fraction of sp³-hybridized carbons (Fsp3) is 0.312. The third kappa shape index (κ3) is 3.21. The zero-order chi connectivity index (χ0) is 18.0. The van der Waals surface area contributed by atoms with E-state index in [2.05, 4.69) is 20.7 Å². The molecule has 9 heteroatoms. The van der Waals surface area contributed by atoms with E-state index in [-0.39, 0.29) is 6.54 Å². The molecule has 1 aliphatic heterocycles. The molecule has 3 rings (SSSR count). The number of anilines is 1. The minimum atomic E-state index is -0.954. The number of imide groups is 1. The maximum atomic E-state index is 12.3. The van der Waals surface area contributed by atoms with Crippen LogP contribution in [-0.4, -0.2) is 49.6 Å². The topological polar surface area (TPSA) is 109 Å². The zero-order valence-electron chi connectivity index (χ0n) is 13.9. The Kier molecular flexibility index (Phi) is 4.22. The van der Waals surface area contributed by atoms with Crippen molar-refractivity contribution in [1.82, 2.24) is 25.0 Å². The van der Waals surface area contributed by atoms with Gasteiger partial charge in [0.05, 0.1) is 11.9 Å². The molecule has 2 aromatic heterocycles. The molecule has 0 radical (unpaired) electrons. The molecule has 9 nitrogen and oxygen atoms in total. The van der Waals surface area contributed by atoms with Gasteiger partial charge in [-0.25, -0.2) is 14.5 Å². The van der Waals surface area contributed by atoms with Crippen LogP contribution in [0.5, 0.6) is 0 Å². The van der Waals surface area contributed by atoms with E-state index in [4.69, 9.17) is 0 Å². The summed E-state index contributed by atoms with van der Waals surface area (Å²) in [4.78, 5) is 41.4. The van der Waals surface area contributed by atoms with Crippen molar-refractivity contribution >= 4 is 23.5 Å². The summed E-state index contributed by atoms with van der Waals surface area (Å²) in [5, 5.41) is 9.29. The van der Waals surface area contributed by atoms with Gasteiger partial charge < -0.3 is 10.6 Å². The fourth-order valence-corrected chi connectivity index (χ4v) is 2.47. The molecule has 1 fully saturated rings.